The molecule has 144 valence electrons. The van der Waals surface area contributed by atoms with E-state index in [1.54, 1.807) is 12.1 Å². The van der Waals surface area contributed by atoms with Gasteiger partial charge in [-0.3, -0.25) is 0 Å². The van der Waals surface area contributed by atoms with Gasteiger partial charge in [0, 0.05) is 0 Å². The molecule has 1 N–H and O–H groups in total. The smallest absolute Gasteiger partial charge is 0.339 e. The van der Waals surface area contributed by atoms with Crippen LogP contribution in [0.4, 0.5) is 0 Å². The van der Waals surface area contributed by atoms with Crippen molar-refractivity contribution in [3.05, 3.63) is 59.2 Å². The molecule has 4 heteroatoms. The molecule has 0 amide bonds. The molecule has 3 atom stereocenters. The van der Waals surface area contributed by atoms with Gasteiger partial charge >= 0.3 is 11.9 Å². The second-order valence-corrected chi connectivity index (χ2v) is 8.17. The molecule has 0 aliphatic heterocycles. The summed E-state index contributed by atoms with van der Waals surface area (Å²) in [4.78, 5) is 23.4. The lowest BCUT2D eigenvalue weighted by Crippen LogP contribution is -2.26. The zero-order valence-electron chi connectivity index (χ0n) is 16.2. The van der Waals surface area contributed by atoms with Gasteiger partial charge < -0.3 is 9.84 Å². The van der Waals surface area contributed by atoms with Gasteiger partial charge in [0.05, 0.1) is 11.1 Å². The Morgan fingerprint density at radius 2 is 2.00 bits per heavy atom. The summed E-state index contributed by atoms with van der Waals surface area (Å²) in [6.45, 7) is 8.83. The summed E-state index contributed by atoms with van der Waals surface area (Å²) < 4.78 is 5.31. The number of carboxylic acid groups (broad SMARTS) is 1. The van der Waals surface area contributed by atoms with Crippen molar-refractivity contribution >= 4 is 11.9 Å². The topological polar surface area (TPSA) is 63.6 Å². The van der Waals surface area contributed by atoms with Crippen LogP contribution in [0, 0.1) is 17.3 Å². The van der Waals surface area contributed by atoms with Crippen LogP contribution in [0.25, 0.3) is 0 Å². The summed E-state index contributed by atoms with van der Waals surface area (Å²) in [7, 11) is 0. The average Bonchev–Trinajstić information content (AvgIpc) is 3.22. The van der Waals surface area contributed by atoms with E-state index in [9.17, 15) is 14.7 Å². The Morgan fingerprint density at radius 3 is 2.63 bits per heavy atom. The maximum absolute atomic E-state index is 12.2. The molecule has 3 unspecified atom stereocenters. The minimum Gasteiger partial charge on any atom is -0.478 e. The molecule has 2 bridgehead atoms. The summed E-state index contributed by atoms with van der Waals surface area (Å²) in [5.41, 5.74) is 2.71. The molecular formula is C23H28O4. The van der Waals surface area contributed by atoms with Gasteiger partial charge in [0.25, 0.3) is 0 Å². The molecule has 0 aromatic heterocycles. The summed E-state index contributed by atoms with van der Waals surface area (Å²) in [5.74, 6) is -0.238. The molecule has 0 spiro atoms. The van der Waals surface area contributed by atoms with Crippen LogP contribution in [0.5, 0.6) is 0 Å². The van der Waals surface area contributed by atoms with Gasteiger partial charge in [0.2, 0.25) is 0 Å². The van der Waals surface area contributed by atoms with Crippen LogP contribution in [0.3, 0.4) is 0 Å². The molecule has 27 heavy (non-hydrogen) atoms. The van der Waals surface area contributed by atoms with Crippen molar-refractivity contribution in [2.75, 3.05) is 6.61 Å². The summed E-state index contributed by atoms with van der Waals surface area (Å²) in [6.07, 6.45) is 8.08. The van der Waals surface area contributed by atoms with Gasteiger partial charge in [-0.25, -0.2) is 9.59 Å². The zero-order chi connectivity index (χ0) is 19.6. The SMILES string of the molecule is C=C1C2CCC(C2)C1(C)CCC=C(C)COC(=O)c1ccccc1C(=O)O. The molecule has 0 saturated heterocycles. The number of aromatic carboxylic acids is 1. The number of allylic oxidation sites excluding steroid dienone is 2. The van der Waals surface area contributed by atoms with E-state index in [0.717, 1.165) is 30.3 Å². The highest BCUT2D eigenvalue weighted by Crippen LogP contribution is 2.60. The fourth-order valence-electron chi connectivity index (χ4n) is 4.75. The fraction of sp³-hybridized carbons (Fsp3) is 0.478. The maximum atomic E-state index is 12.2. The van der Waals surface area contributed by atoms with E-state index >= 15 is 0 Å². The first-order valence-electron chi connectivity index (χ1n) is 9.67. The number of hydrogen-bond acceptors (Lipinski definition) is 3. The lowest BCUT2D eigenvalue weighted by atomic mass is 9.69. The molecule has 4 nitrogen and oxygen atoms in total. The number of esters is 1. The Bertz CT molecular complexity index is 791. The number of carboxylic acids is 1. The third-order valence-electron chi connectivity index (χ3n) is 6.52. The summed E-state index contributed by atoms with van der Waals surface area (Å²) in [5, 5.41) is 9.18. The molecule has 1 aromatic rings. The highest BCUT2D eigenvalue weighted by molar-refractivity contribution is 6.02. The third kappa shape index (κ3) is 3.85. The Balaban J connectivity index is 1.52. The van der Waals surface area contributed by atoms with E-state index in [4.69, 9.17) is 4.74 Å². The average molecular weight is 368 g/mol. The van der Waals surface area contributed by atoms with E-state index in [1.165, 1.54) is 37.0 Å². The highest BCUT2D eigenvalue weighted by Gasteiger charge is 2.49. The number of ether oxygens (including phenoxy) is 1. The number of carbonyl (C=O) groups excluding carboxylic acids is 1. The Labute approximate surface area is 160 Å². The normalized spacial score (nSPS) is 27.0. The monoisotopic (exact) mass is 368 g/mol. The lowest BCUT2D eigenvalue weighted by molar-refractivity contribution is 0.0527. The van der Waals surface area contributed by atoms with Crippen molar-refractivity contribution in [1.82, 2.24) is 0 Å². The number of carbonyl (C=O) groups is 2. The summed E-state index contributed by atoms with van der Waals surface area (Å²) in [6, 6.07) is 6.11. The highest BCUT2D eigenvalue weighted by atomic mass is 16.5. The quantitative estimate of drug-likeness (QED) is 0.527. The summed E-state index contributed by atoms with van der Waals surface area (Å²) >= 11 is 0. The van der Waals surface area contributed by atoms with E-state index in [1.807, 2.05) is 6.92 Å². The lowest BCUT2D eigenvalue weighted by Gasteiger charge is -2.36. The van der Waals surface area contributed by atoms with Gasteiger partial charge in [-0.2, -0.15) is 0 Å². The predicted octanol–water partition coefficient (Wildman–Crippen LogP) is 5.26. The molecular weight excluding hydrogens is 340 g/mol. The molecule has 0 heterocycles. The first kappa shape index (κ1) is 19.4. The molecule has 3 rings (SSSR count). The van der Waals surface area contributed by atoms with E-state index in [0.29, 0.717) is 0 Å². The Hall–Kier alpha value is -2.36. The van der Waals surface area contributed by atoms with Crippen LogP contribution >= 0.6 is 0 Å². The molecule has 2 aliphatic carbocycles. The van der Waals surface area contributed by atoms with Gasteiger partial charge in [0.15, 0.2) is 0 Å². The number of hydrogen-bond donors (Lipinski definition) is 1. The Morgan fingerprint density at radius 1 is 1.30 bits per heavy atom. The van der Waals surface area contributed by atoms with Crippen LogP contribution in [0.15, 0.2) is 48.1 Å². The van der Waals surface area contributed by atoms with Crippen molar-refractivity contribution in [3.63, 3.8) is 0 Å². The largest absolute Gasteiger partial charge is 0.478 e. The number of rotatable bonds is 7. The van der Waals surface area contributed by atoms with Crippen molar-refractivity contribution in [2.45, 2.75) is 46.0 Å². The fourth-order valence-corrected chi connectivity index (χ4v) is 4.75. The standard InChI is InChI=1S/C23H28O4/c1-15(7-6-12-23(3)16(2)17-10-11-18(23)13-17)14-27-22(26)20-9-5-4-8-19(20)21(24)25/h4-5,7-9,17-18H,2,6,10-14H2,1,3H3,(H,24,25). The zero-order valence-corrected chi connectivity index (χ0v) is 16.2. The van der Waals surface area contributed by atoms with Crippen molar-refractivity contribution < 1.29 is 19.4 Å². The molecule has 1 aromatic carbocycles. The predicted molar refractivity (Wildman–Crippen MR) is 105 cm³/mol. The van der Waals surface area contributed by atoms with E-state index in [2.05, 4.69) is 19.6 Å². The molecule has 2 aliphatic rings. The third-order valence-corrected chi connectivity index (χ3v) is 6.52. The molecule has 0 radical (unpaired) electrons. The number of fused-ring (bicyclic) bond motifs is 2. The van der Waals surface area contributed by atoms with Crippen LogP contribution < -0.4 is 0 Å². The van der Waals surface area contributed by atoms with Gasteiger partial charge in [-0.05, 0) is 74.0 Å². The van der Waals surface area contributed by atoms with Crippen molar-refractivity contribution in [3.8, 4) is 0 Å². The van der Waals surface area contributed by atoms with Gasteiger partial charge in [-0.1, -0.05) is 37.3 Å². The van der Waals surface area contributed by atoms with Gasteiger partial charge in [0.1, 0.15) is 6.61 Å². The maximum Gasteiger partial charge on any atom is 0.339 e. The minimum absolute atomic E-state index is 0.0353. The van der Waals surface area contributed by atoms with Crippen molar-refractivity contribution in [2.24, 2.45) is 17.3 Å². The molecule has 2 fully saturated rings. The van der Waals surface area contributed by atoms with Crippen molar-refractivity contribution in [1.29, 1.82) is 0 Å². The van der Waals surface area contributed by atoms with Crippen LogP contribution in [-0.2, 0) is 4.74 Å². The van der Waals surface area contributed by atoms with Crippen LogP contribution in [-0.4, -0.2) is 23.7 Å². The Kier molecular flexibility index (Phi) is 5.54. The second-order valence-electron chi connectivity index (χ2n) is 8.17. The van der Waals surface area contributed by atoms with Crippen LogP contribution in [0.2, 0.25) is 0 Å². The minimum atomic E-state index is -1.13. The van der Waals surface area contributed by atoms with Gasteiger partial charge in [-0.15, -0.1) is 0 Å². The molecule has 2 saturated carbocycles. The van der Waals surface area contributed by atoms with E-state index in [-0.39, 0.29) is 23.1 Å². The van der Waals surface area contributed by atoms with E-state index < -0.39 is 11.9 Å². The van der Waals surface area contributed by atoms with Crippen LogP contribution in [0.1, 0.15) is 66.7 Å². The number of benzene rings is 1. The second kappa shape index (κ2) is 7.71. The first-order chi connectivity index (χ1) is 12.8. The first-order valence-corrected chi connectivity index (χ1v) is 9.67.